The number of nitrogens with zero attached hydrogens (tertiary/aromatic N) is 3. The number of hydrogen-bond donors (Lipinski definition) is 3. The molecule has 9 nitrogen and oxygen atoms in total. The zero-order valence-corrected chi connectivity index (χ0v) is 21.3. The summed E-state index contributed by atoms with van der Waals surface area (Å²) in [5.74, 6) is -0.390. The summed E-state index contributed by atoms with van der Waals surface area (Å²) in [7, 11) is 0. The Morgan fingerprint density at radius 2 is 1.67 bits per heavy atom. The number of carboxylic acids is 1. The van der Waals surface area contributed by atoms with Crippen molar-refractivity contribution in [2.24, 2.45) is 0 Å². The maximum Gasteiger partial charge on any atom is 0.326 e. The molecule has 0 unspecified atom stereocenters. The van der Waals surface area contributed by atoms with Crippen LogP contribution < -0.4 is 26.4 Å². The number of nitrogens with one attached hydrogen (secondary N) is 2. The number of aromatic nitrogens is 2. The molecule has 1 atom stereocenters. The van der Waals surface area contributed by atoms with E-state index in [1.807, 2.05) is 73.7 Å². The van der Waals surface area contributed by atoms with Crippen molar-refractivity contribution in [1.29, 1.82) is 0 Å². The summed E-state index contributed by atoms with van der Waals surface area (Å²) in [5, 5.41) is 18.1. The van der Waals surface area contributed by atoms with Gasteiger partial charge in [0.1, 0.15) is 23.2 Å². The normalized spacial score (nSPS) is 11.8. The van der Waals surface area contributed by atoms with Crippen LogP contribution in [0.1, 0.15) is 18.1 Å². The van der Waals surface area contributed by atoms with Crippen molar-refractivity contribution in [3.8, 4) is 0 Å². The first-order chi connectivity index (χ1) is 18.9. The van der Waals surface area contributed by atoms with E-state index in [1.54, 1.807) is 23.5 Å². The maximum atomic E-state index is 12.5. The molecule has 0 bridgehead atoms. The van der Waals surface area contributed by atoms with Gasteiger partial charge < -0.3 is 20.6 Å². The summed E-state index contributed by atoms with van der Waals surface area (Å²) in [6.45, 7) is 2.75. The fourth-order valence-corrected chi connectivity index (χ4v) is 4.56. The number of carboxylic acid groups (broad SMARTS) is 1. The number of benzene rings is 2. The summed E-state index contributed by atoms with van der Waals surface area (Å²) in [6.07, 6.45) is 5.18. The lowest BCUT2D eigenvalue weighted by atomic mass is 10.0. The quantitative estimate of drug-likeness (QED) is 0.220. The number of fused-ring (bicyclic) bond motifs is 1. The molecule has 0 saturated heterocycles. The van der Waals surface area contributed by atoms with Gasteiger partial charge in [-0.05, 0) is 53.8 Å². The van der Waals surface area contributed by atoms with Crippen LogP contribution in [0.2, 0.25) is 0 Å². The molecule has 9 heteroatoms. The highest BCUT2D eigenvalue weighted by Gasteiger charge is 2.29. The molecule has 0 radical (unpaired) electrons. The Kier molecular flexibility index (Phi) is 7.31. The molecule has 0 spiro atoms. The third-order valence-electron chi connectivity index (χ3n) is 6.65. The number of pyridine rings is 2. The van der Waals surface area contributed by atoms with E-state index in [-0.39, 0.29) is 17.8 Å². The average molecular weight is 522 g/mol. The Balaban J connectivity index is 1.31. The van der Waals surface area contributed by atoms with Gasteiger partial charge >= 0.3 is 5.97 Å². The van der Waals surface area contributed by atoms with E-state index in [2.05, 4.69) is 20.6 Å². The van der Waals surface area contributed by atoms with E-state index in [4.69, 9.17) is 0 Å². The SMILES string of the molecule is CCN(Cc1ccncc1)c1c(N[C@@H](Cc2ccc(Nc3nccc4ccccc34)cc2)C(=O)O)c(=O)c1=O. The highest BCUT2D eigenvalue weighted by Crippen LogP contribution is 2.26. The van der Waals surface area contributed by atoms with Gasteiger partial charge in [0.15, 0.2) is 0 Å². The minimum atomic E-state index is -1.12. The molecule has 0 aliphatic rings. The van der Waals surface area contributed by atoms with Crippen molar-refractivity contribution in [2.75, 3.05) is 22.1 Å². The Bertz CT molecular complexity index is 1670. The van der Waals surface area contributed by atoms with Gasteiger partial charge in [-0.2, -0.15) is 0 Å². The summed E-state index contributed by atoms with van der Waals surface area (Å²) < 4.78 is 0. The zero-order valence-electron chi connectivity index (χ0n) is 21.3. The van der Waals surface area contributed by atoms with Gasteiger partial charge in [0.25, 0.3) is 10.9 Å². The fourth-order valence-electron chi connectivity index (χ4n) is 4.56. The molecule has 2 heterocycles. The molecule has 0 amide bonds. The van der Waals surface area contributed by atoms with Crippen molar-refractivity contribution in [3.63, 3.8) is 0 Å². The van der Waals surface area contributed by atoms with Gasteiger partial charge in [0, 0.05) is 49.2 Å². The lowest BCUT2D eigenvalue weighted by Gasteiger charge is -2.28. The molecule has 39 heavy (non-hydrogen) atoms. The lowest BCUT2D eigenvalue weighted by molar-refractivity contribution is -0.137. The predicted molar refractivity (Wildman–Crippen MR) is 153 cm³/mol. The Morgan fingerprint density at radius 3 is 2.38 bits per heavy atom. The first-order valence-electron chi connectivity index (χ1n) is 12.6. The number of aliphatic carboxylic acids is 1. The summed E-state index contributed by atoms with van der Waals surface area (Å²) >= 11 is 0. The minimum absolute atomic E-state index is 0.0450. The van der Waals surface area contributed by atoms with Gasteiger partial charge in [-0.25, -0.2) is 9.78 Å². The Morgan fingerprint density at radius 1 is 0.923 bits per heavy atom. The maximum absolute atomic E-state index is 12.5. The van der Waals surface area contributed by atoms with Crippen LogP contribution in [-0.2, 0) is 17.8 Å². The first-order valence-corrected chi connectivity index (χ1v) is 12.6. The first kappa shape index (κ1) is 25.6. The number of rotatable bonds is 11. The van der Waals surface area contributed by atoms with Crippen LogP contribution in [0.25, 0.3) is 10.8 Å². The predicted octanol–water partition coefficient (Wildman–Crippen LogP) is 4.10. The average Bonchev–Trinajstić information content (AvgIpc) is 2.97. The van der Waals surface area contributed by atoms with E-state index < -0.39 is 22.9 Å². The second kappa shape index (κ2) is 11.1. The summed E-state index contributed by atoms with van der Waals surface area (Å²) in [5.41, 5.74) is 1.43. The van der Waals surface area contributed by atoms with Crippen molar-refractivity contribution in [1.82, 2.24) is 9.97 Å². The van der Waals surface area contributed by atoms with E-state index in [1.165, 1.54) is 0 Å². The molecule has 3 aromatic carbocycles. The number of anilines is 4. The van der Waals surface area contributed by atoms with Gasteiger partial charge in [-0.1, -0.05) is 36.4 Å². The molecule has 0 saturated carbocycles. The Labute approximate surface area is 224 Å². The lowest BCUT2D eigenvalue weighted by Crippen LogP contribution is -2.45. The zero-order chi connectivity index (χ0) is 27.4. The molecule has 0 aliphatic heterocycles. The molecule has 0 aliphatic carbocycles. The topological polar surface area (TPSA) is 125 Å². The molecule has 2 aromatic heterocycles. The summed E-state index contributed by atoms with van der Waals surface area (Å²) in [6, 6.07) is 19.8. The van der Waals surface area contributed by atoms with Crippen molar-refractivity contribution < 1.29 is 9.90 Å². The summed E-state index contributed by atoms with van der Waals surface area (Å²) in [4.78, 5) is 47.3. The van der Waals surface area contributed by atoms with Gasteiger partial charge in [-0.3, -0.25) is 14.6 Å². The largest absolute Gasteiger partial charge is 0.480 e. The molecule has 3 N–H and O–H groups in total. The smallest absolute Gasteiger partial charge is 0.326 e. The van der Waals surface area contributed by atoms with Crippen LogP contribution in [0, 0.1) is 0 Å². The van der Waals surface area contributed by atoms with Crippen LogP contribution in [-0.4, -0.2) is 33.6 Å². The van der Waals surface area contributed by atoms with E-state index in [0.29, 0.717) is 13.1 Å². The van der Waals surface area contributed by atoms with Crippen molar-refractivity contribution >= 4 is 39.6 Å². The third kappa shape index (κ3) is 5.47. The highest BCUT2D eigenvalue weighted by atomic mass is 16.4. The van der Waals surface area contributed by atoms with Crippen molar-refractivity contribution in [3.05, 3.63) is 117 Å². The third-order valence-corrected chi connectivity index (χ3v) is 6.65. The van der Waals surface area contributed by atoms with Crippen molar-refractivity contribution in [2.45, 2.75) is 25.9 Å². The van der Waals surface area contributed by atoms with E-state index in [0.717, 1.165) is 33.4 Å². The van der Waals surface area contributed by atoms with Crippen LogP contribution >= 0.6 is 0 Å². The molecule has 5 aromatic rings. The fraction of sp³-hybridized carbons (Fsp3) is 0.167. The van der Waals surface area contributed by atoms with Crippen LogP contribution in [0.15, 0.2) is 94.9 Å². The van der Waals surface area contributed by atoms with Gasteiger partial charge in [-0.15, -0.1) is 0 Å². The second-order valence-corrected chi connectivity index (χ2v) is 9.19. The van der Waals surface area contributed by atoms with Crippen LogP contribution in [0.5, 0.6) is 0 Å². The molecular weight excluding hydrogens is 494 g/mol. The molecule has 5 rings (SSSR count). The van der Waals surface area contributed by atoms with Gasteiger partial charge in [0.2, 0.25) is 0 Å². The number of carbonyl (C=O) groups is 1. The highest BCUT2D eigenvalue weighted by molar-refractivity contribution is 5.93. The number of hydrogen-bond acceptors (Lipinski definition) is 8. The molecule has 0 fully saturated rings. The monoisotopic (exact) mass is 521 g/mol. The van der Waals surface area contributed by atoms with Gasteiger partial charge in [0.05, 0.1) is 0 Å². The second-order valence-electron chi connectivity index (χ2n) is 9.19. The minimum Gasteiger partial charge on any atom is -0.480 e. The van der Waals surface area contributed by atoms with E-state index >= 15 is 0 Å². The van der Waals surface area contributed by atoms with E-state index in [9.17, 15) is 19.5 Å². The Hall–Kier alpha value is -5.05. The standard InChI is InChI=1S/C30H27N5O4/c1-2-35(18-20-11-14-31-15-12-20)26-25(27(36)28(26)37)34-24(30(38)39)17-19-7-9-22(10-8-19)33-29-23-6-4-3-5-21(23)13-16-32-29/h3-16,24,34H,2,17-18H2,1H3,(H,32,33)(H,38,39)/t24-/m0/s1. The van der Waals surface area contributed by atoms with Crippen LogP contribution in [0.3, 0.4) is 0 Å². The van der Waals surface area contributed by atoms with Crippen LogP contribution in [0.4, 0.5) is 22.9 Å². The molecule has 196 valence electrons. The molecular formula is C30H27N5O4.